The Morgan fingerprint density at radius 3 is 2.08 bits per heavy atom. The Kier molecular flexibility index (Phi) is 7.64. The topological polar surface area (TPSA) is 126 Å². The van der Waals surface area contributed by atoms with E-state index in [1.807, 2.05) is 0 Å². The van der Waals surface area contributed by atoms with Crippen molar-refractivity contribution in [2.45, 2.75) is 19.5 Å². The Morgan fingerprint density at radius 2 is 1.55 bits per heavy atom. The number of carbonyl (C=O) groups is 2. The molecule has 0 bridgehead atoms. The number of ether oxygens (including phenoxy) is 3. The fourth-order valence-corrected chi connectivity index (χ4v) is 3.18. The zero-order valence-electron chi connectivity index (χ0n) is 19.1. The predicted molar refractivity (Wildman–Crippen MR) is 114 cm³/mol. The number of amides is 2. The number of primary amides is 1. The highest BCUT2D eigenvalue weighted by atomic mass is 19.4. The van der Waals surface area contributed by atoms with Gasteiger partial charge in [0.25, 0.3) is 11.8 Å². The molecule has 0 atom stereocenters. The Hall–Kier alpha value is -4.63. The van der Waals surface area contributed by atoms with Crippen LogP contribution in [0.5, 0.6) is 23.0 Å². The molecule has 0 aliphatic heterocycles. The van der Waals surface area contributed by atoms with E-state index in [-0.39, 0.29) is 11.5 Å². The third kappa shape index (κ3) is 6.19. The van der Waals surface area contributed by atoms with Crippen molar-refractivity contribution in [3.05, 3.63) is 64.6 Å². The van der Waals surface area contributed by atoms with Crippen LogP contribution in [-0.4, -0.2) is 35.5 Å². The van der Waals surface area contributed by atoms with E-state index in [1.165, 1.54) is 0 Å². The van der Waals surface area contributed by atoms with E-state index >= 15 is 0 Å². The molecule has 38 heavy (non-hydrogen) atoms. The fourth-order valence-electron chi connectivity index (χ4n) is 3.18. The van der Waals surface area contributed by atoms with E-state index in [2.05, 4.69) is 20.3 Å². The highest BCUT2D eigenvalue weighted by Gasteiger charge is 2.36. The summed E-state index contributed by atoms with van der Waals surface area (Å²) in [5.41, 5.74) is 2.29. The number of carbonyl (C=O) groups excluding carboxylic acids is 2. The molecule has 0 saturated heterocycles. The number of nitrogens with two attached hydrogens (primary N) is 1. The molecule has 3 N–H and O–H groups in total. The molecule has 0 radical (unpaired) electrons. The number of benzene rings is 2. The van der Waals surface area contributed by atoms with Crippen LogP contribution in [0.4, 0.5) is 36.6 Å². The lowest BCUT2D eigenvalue weighted by Gasteiger charge is -2.19. The zero-order valence-corrected chi connectivity index (χ0v) is 19.1. The minimum Gasteiger partial charge on any atom is -0.490 e. The van der Waals surface area contributed by atoms with Crippen LogP contribution in [0.1, 0.15) is 32.0 Å². The summed E-state index contributed by atoms with van der Waals surface area (Å²) >= 11 is 0. The van der Waals surface area contributed by atoms with Gasteiger partial charge in [0.1, 0.15) is 5.75 Å². The van der Waals surface area contributed by atoms with Gasteiger partial charge < -0.3 is 25.3 Å². The maximum atomic E-state index is 14.6. The first-order valence-electron chi connectivity index (χ1n) is 10.1. The van der Waals surface area contributed by atoms with Crippen molar-refractivity contribution in [1.82, 2.24) is 10.2 Å². The van der Waals surface area contributed by atoms with Crippen molar-refractivity contribution in [3.63, 3.8) is 0 Å². The normalized spacial score (nSPS) is 11.6. The molecule has 1 aromatic heterocycles. The van der Waals surface area contributed by atoms with Gasteiger partial charge in [0, 0.05) is 0 Å². The fraction of sp³-hybridized carbons (Fsp3) is 0.182. The third-order valence-electron chi connectivity index (χ3n) is 4.79. The minimum atomic E-state index is -5.23. The first kappa shape index (κ1) is 27.9. The molecule has 1 heterocycles. The number of alkyl halides is 6. The van der Waals surface area contributed by atoms with Gasteiger partial charge in [0.05, 0.1) is 18.2 Å². The van der Waals surface area contributed by atoms with Crippen molar-refractivity contribution >= 4 is 17.6 Å². The van der Waals surface area contributed by atoms with Gasteiger partial charge in [-0.15, -0.1) is 23.4 Å². The Balaban J connectivity index is 2.07. The van der Waals surface area contributed by atoms with Crippen LogP contribution in [0.2, 0.25) is 0 Å². The molecular formula is C22H15F7N4O5. The monoisotopic (exact) mass is 548 g/mol. The maximum Gasteiger partial charge on any atom is 0.573 e. The summed E-state index contributed by atoms with van der Waals surface area (Å²) < 4.78 is 107. The molecule has 0 fully saturated rings. The highest BCUT2D eigenvalue weighted by Crippen LogP contribution is 2.42. The van der Waals surface area contributed by atoms with Crippen LogP contribution < -0.4 is 25.3 Å². The molecule has 0 saturated carbocycles. The van der Waals surface area contributed by atoms with Crippen molar-refractivity contribution < 1.29 is 54.5 Å². The van der Waals surface area contributed by atoms with Crippen LogP contribution in [0.25, 0.3) is 0 Å². The molecule has 2 aromatic carbocycles. The first-order valence-corrected chi connectivity index (χ1v) is 10.1. The largest absolute Gasteiger partial charge is 0.573 e. The molecule has 2 amide bonds. The summed E-state index contributed by atoms with van der Waals surface area (Å²) in [6, 6.07) is 4.89. The average Bonchev–Trinajstić information content (AvgIpc) is 2.80. The van der Waals surface area contributed by atoms with E-state index < -0.39 is 69.9 Å². The molecule has 3 rings (SSSR count). The summed E-state index contributed by atoms with van der Waals surface area (Å²) in [4.78, 5) is 24.1. The zero-order chi connectivity index (χ0) is 28.4. The molecule has 0 unspecified atom stereocenters. The smallest absolute Gasteiger partial charge is 0.490 e. The lowest BCUT2D eigenvalue weighted by molar-refractivity contribution is -0.275. The SMILES string of the molecule is COc1c(Oc2ccc(C(F)(F)F)c(C)c2C(=O)Nc2ccc(C(N)=O)nn2)ccc(OC(F)(F)F)c1F. The number of hydrogen-bond acceptors (Lipinski definition) is 7. The summed E-state index contributed by atoms with van der Waals surface area (Å²) in [5, 5.41) is 9.18. The van der Waals surface area contributed by atoms with Gasteiger partial charge in [-0.05, 0) is 48.9 Å². The minimum absolute atomic E-state index is 0.255. The quantitative estimate of drug-likeness (QED) is 0.399. The summed E-state index contributed by atoms with van der Waals surface area (Å²) in [6.07, 6.45) is -10.1. The second-order valence-corrected chi connectivity index (χ2v) is 7.29. The van der Waals surface area contributed by atoms with Gasteiger partial charge in [0.2, 0.25) is 11.6 Å². The van der Waals surface area contributed by atoms with Crippen molar-refractivity contribution in [2.75, 3.05) is 12.4 Å². The molecule has 202 valence electrons. The van der Waals surface area contributed by atoms with Crippen LogP contribution in [0, 0.1) is 12.7 Å². The second kappa shape index (κ2) is 10.4. The predicted octanol–water partition coefficient (Wildman–Crippen LogP) is 4.99. The number of rotatable bonds is 7. The molecule has 3 aromatic rings. The van der Waals surface area contributed by atoms with E-state index in [4.69, 9.17) is 15.2 Å². The van der Waals surface area contributed by atoms with Gasteiger partial charge in [-0.2, -0.15) is 17.6 Å². The second-order valence-electron chi connectivity index (χ2n) is 7.29. The van der Waals surface area contributed by atoms with Gasteiger partial charge in [-0.3, -0.25) is 9.59 Å². The van der Waals surface area contributed by atoms with Crippen LogP contribution in [0.3, 0.4) is 0 Å². The number of methoxy groups -OCH3 is 1. The van der Waals surface area contributed by atoms with Crippen LogP contribution in [0.15, 0.2) is 36.4 Å². The molecule has 0 aliphatic rings. The van der Waals surface area contributed by atoms with E-state index in [1.54, 1.807) is 0 Å². The number of anilines is 1. The van der Waals surface area contributed by atoms with E-state index in [9.17, 15) is 40.3 Å². The van der Waals surface area contributed by atoms with Crippen molar-refractivity contribution in [2.24, 2.45) is 5.73 Å². The summed E-state index contributed by atoms with van der Waals surface area (Å²) in [7, 11) is 0.892. The maximum absolute atomic E-state index is 14.6. The van der Waals surface area contributed by atoms with Gasteiger partial charge >= 0.3 is 12.5 Å². The Labute approximate surface area is 208 Å². The van der Waals surface area contributed by atoms with Crippen LogP contribution >= 0.6 is 0 Å². The van der Waals surface area contributed by atoms with Gasteiger partial charge in [-0.1, -0.05) is 0 Å². The van der Waals surface area contributed by atoms with Gasteiger partial charge in [0.15, 0.2) is 23.0 Å². The standard InChI is InChI=1S/C22H15F7N4O5/c1-9-10(21(24,25)26)3-5-12(16(9)20(35)31-15-8-4-11(19(30)34)32-33-15)37-14-7-6-13(38-22(27,28)29)17(23)18(14)36-2/h3-8H,1-2H3,(H2,30,34)(H,31,33,35). The van der Waals surface area contributed by atoms with Crippen LogP contribution in [-0.2, 0) is 6.18 Å². The molecular weight excluding hydrogens is 533 g/mol. The summed E-state index contributed by atoms with van der Waals surface area (Å²) in [6.45, 7) is 0.963. The number of hydrogen-bond donors (Lipinski definition) is 2. The lowest BCUT2D eigenvalue weighted by Crippen LogP contribution is -2.20. The van der Waals surface area contributed by atoms with E-state index in [0.29, 0.717) is 12.1 Å². The number of aromatic nitrogens is 2. The third-order valence-corrected chi connectivity index (χ3v) is 4.79. The molecule has 9 nitrogen and oxygen atoms in total. The van der Waals surface area contributed by atoms with Crippen molar-refractivity contribution in [1.29, 1.82) is 0 Å². The van der Waals surface area contributed by atoms with E-state index in [0.717, 1.165) is 38.3 Å². The van der Waals surface area contributed by atoms with Crippen molar-refractivity contribution in [3.8, 4) is 23.0 Å². The van der Waals surface area contributed by atoms with Gasteiger partial charge in [-0.25, -0.2) is 0 Å². The number of nitrogens with one attached hydrogen (secondary N) is 1. The lowest BCUT2D eigenvalue weighted by atomic mass is 10.00. The Morgan fingerprint density at radius 1 is 0.921 bits per heavy atom. The average molecular weight is 548 g/mol. The summed E-state index contributed by atoms with van der Waals surface area (Å²) in [5.74, 6) is -7.28. The number of nitrogens with zero attached hydrogens (tertiary/aromatic N) is 2. The highest BCUT2D eigenvalue weighted by molar-refractivity contribution is 6.07. The molecule has 16 heteroatoms. The first-order chi connectivity index (χ1) is 17.6. The Bertz CT molecular complexity index is 1380. The molecule has 0 aliphatic carbocycles. The number of halogens is 7. The molecule has 0 spiro atoms.